The Hall–Kier alpha value is -0.0800. The molecule has 0 aliphatic carbocycles. The Labute approximate surface area is 70.5 Å². The van der Waals surface area contributed by atoms with Crippen LogP contribution in [0.3, 0.4) is 0 Å². The van der Waals surface area contributed by atoms with Gasteiger partial charge in [0.25, 0.3) is 0 Å². The average Bonchev–Trinajstić information content (AvgIpc) is 1.98. The van der Waals surface area contributed by atoms with E-state index in [0.29, 0.717) is 12.0 Å². The molecular weight excluding hydrogens is 136 g/mol. The lowest BCUT2D eigenvalue weighted by Crippen LogP contribution is -2.40. The van der Waals surface area contributed by atoms with Crippen molar-refractivity contribution in [1.82, 2.24) is 5.43 Å². The van der Waals surface area contributed by atoms with Crippen molar-refractivity contribution >= 4 is 0 Å². The zero-order chi connectivity index (χ0) is 8.85. The van der Waals surface area contributed by atoms with Crippen molar-refractivity contribution in [3.63, 3.8) is 0 Å². The van der Waals surface area contributed by atoms with Gasteiger partial charge < -0.3 is 0 Å². The van der Waals surface area contributed by atoms with E-state index in [1.165, 1.54) is 12.8 Å². The van der Waals surface area contributed by atoms with Gasteiger partial charge >= 0.3 is 0 Å². The highest BCUT2D eigenvalue weighted by atomic mass is 15.2. The van der Waals surface area contributed by atoms with Crippen LogP contribution < -0.4 is 11.3 Å². The lowest BCUT2D eigenvalue weighted by atomic mass is 9.92. The van der Waals surface area contributed by atoms with Crippen molar-refractivity contribution in [2.75, 3.05) is 0 Å². The summed E-state index contributed by atoms with van der Waals surface area (Å²) in [6.45, 7) is 8.90. The summed E-state index contributed by atoms with van der Waals surface area (Å²) in [6.07, 6.45) is 2.37. The first-order chi connectivity index (χ1) is 5.11. The lowest BCUT2D eigenvalue weighted by Gasteiger charge is -2.23. The Morgan fingerprint density at radius 2 is 1.82 bits per heavy atom. The van der Waals surface area contributed by atoms with Gasteiger partial charge in [0, 0.05) is 6.04 Å². The predicted molar refractivity (Wildman–Crippen MR) is 50.0 cm³/mol. The topological polar surface area (TPSA) is 38.0 Å². The molecule has 0 aromatic rings. The van der Waals surface area contributed by atoms with Crippen molar-refractivity contribution in [2.24, 2.45) is 17.7 Å². The van der Waals surface area contributed by atoms with Crippen LogP contribution in [0, 0.1) is 11.8 Å². The van der Waals surface area contributed by atoms with E-state index in [2.05, 4.69) is 33.1 Å². The highest BCUT2D eigenvalue weighted by Crippen LogP contribution is 2.14. The molecule has 0 aromatic carbocycles. The molecule has 0 bridgehead atoms. The number of hydrogen-bond acceptors (Lipinski definition) is 2. The molecule has 0 heterocycles. The van der Waals surface area contributed by atoms with Crippen molar-refractivity contribution in [3.05, 3.63) is 0 Å². The maximum atomic E-state index is 5.45. The number of nitrogens with two attached hydrogens (primary N) is 1. The smallest absolute Gasteiger partial charge is 0.0238 e. The first kappa shape index (κ1) is 10.9. The summed E-state index contributed by atoms with van der Waals surface area (Å²) in [4.78, 5) is 0. The van der Waals surface area contributed by atoms with Gasteiger partial charge in [-0.1, -0.05) is 34.1 Å². The van der Waals surface area contributed by atoms with Gasteiger partial charge in [0.05, 0.1) is 0 Å². The summed E-state index contributed by atoms with van der Waals surface area (Å²) >= 11 is 0. The Balaban J connectivity index is 3.74. The number of rotatable bonds is 5. The van der Waals surface area contributed by atoms with E-state index in [1.54, 1.807) is 0 Å². The Morgan fingerprint density at radius 1 is 1.27 bits per heavy atom. The van der Waals surface area contributed by atoms with Crippen LogP contribution in [-0.2, 0) is 0 Å². The van der Waals surface area contributed by atoms with E-state index in [-0.39, 0.29) is 0 Å². The lowest BCUT2D eigenvalue weighted by molar-refractivity contribution is 0.319. The van der Waals surface area contributed by atoms with Crippen LogP contribution >= 0.6 is 0 Å². The van der Waals surface area contributed by atoms with Gasteiger partial charge in [0.2, 0.25) is 0 Å². The van der Waals surface area contributed by atoms with Gasteiger partial charge in [-0.25, -0.2) is 0 Å². The van der Waals surface area contributed by atoms with E-state index in [4.69, 9.17) is 5.84 Å². The Morgan fingerprint density at radius 3 is 2.09 bits per heavy atom. The van der Waals surface area contributed by atoms with Crippen LogP contribution in [0.25, 0.3) is 0 Å². The molecule has 2 nitrogen and oxygen atoms in total. The summed E-state index contributed by atoms with van der Waals surface area (Å²) in [7, 11) is 0. The number of nitrogens with one attached hydrogen (secondary N) is 1. The van der Waals surface area contributed by atoms with Gasteiger partial charge in [-0.3, -0.25) is 11.3 Å². The monoisotopic (exact) mass is 158 g/mol. The zero-order valence-corrected chi connectivity index (χ0v) is 8.22. The first-order valence-corrected chi connectivity index (χ1v) is 4.57. The van der Waals surface area contributed by atoms with E-state index in [1.807, 2.05) is 0 Å². The summed E-state index contributed by atoms with van der Waals surface area (Å²) in [5, 5.41) is 0. The minimum absolute atomic E-state index is 0.486. The highest BCUT2D eigenvalue weighted by Gasteiger charge is 2.14. The van der Waals surface area contributed by atoms with Gasteiger partial charge in [0.1, 0.15) is 0 Å². The molecule has 0 saturated heterocycles. The van der Waals surface area contributed by atoms with Gasteiger partial charge in [-0.2, -0.15) is 0 Å². The third-order valence-electron chi connectivity index (χ3n) is 2.27. The summed E-state index contributed by atoms with van der Waals surface area (Å²) in [6, 6.07) is 0.486. The molecule has 11 heavy (non-hydrogen) atoms. The molecule has 0 spiro atoms. The van der Waals surface area contributed by atoms with Crippen LogP contribution in [0.15, 0.2) is 0 Å². The molecule has 0 fully saturated rings. The van der Waals surface area contributed by atoms with Gasteiger partial charge in [-0.05, 0) is 18.3 Å². The molecular formula is C9H22N2. The third kappa shape index (κ3) is 4.38. The number of hydrogen-bond donors (Lipinski definition) is 2. The molecule has 0 saturated carbocycles. The molecule has 0 aliphatic heterocycles. The van der Waals surface area contributed by atoms with Crippen molar-refractivity contribution < 1.29 is 0 Å². The molecule has 2 atom stereocenters. The molecule has 0 rings (SSSR count). The quantitative estimate of drug-likeness (QED) is 0.474. The molecule has 68 valence electrons. The maximum Gasteiger partial charge on any atom is 0.0238 e. The minimum atomic E-state index is 0.486. The Bertz CT molecular complexity index is 91.6. The van der Waals surface area contributed by atoms with E-state index >= 15 is 0 Å². The second kappa shape index (κ2) is 5.56. The van der Waals surface area contributed by atoms with Crippen LogP contribution in [0.1, 0.15) is 40.5 Å². The second-order valence-electron chi connectivity index (χ2n) is 3.79. The molecule has 2 unspecified atom stereocenters. The fourth-order valence-electron chi connectivity index (χ4n) is 1.26. The fraction of sp³-hybridized carbons (Fsp3) is 1.00. The molecule has 0 amide bonds. The maximum absolute atomic E-state index is 5.45. The normalized spacial score (nSPS) is 16.9. The first-order valence-electron chi connectivity index (χ1n) is 4.57. The fourth-order valence-corrected chi connectivity index (χ4v) is 1.26. The van der Waals surface area contributed by atoms with E-state index in [9.17, 15) is 0 Å². The zero-order valence-electron chi connectivity index (χ0n) is 8.22. The summed E-state index contributed by atoms with van der Waals surface area (Å²) in [5.41, 5.74) is 2.88. The predicted octanol–water partition coefficient (Wildman–Crippen LogP) is 1.91. The van der Waals surface area contributed by atoms with E-state index < -0.39 is 0 Å². The second-order valence-corrected chi connectivity index (χ2v) is 3.79. The molecule has 0 aliphatic rings. The largest absolute Gasteiger partial charge is 0.271 e. The molecule has 2 heteroatoms. The van der Waals surface area contributed by atoms with Crippen LogP contribution in [0.2, 0.25) is 0 Å². The van der Waals surface area contributed by atoms with Crippen molar-refractivity contribution in [2.45, 2.75) is 46.6 Å². The summed E-state index contributed by atoms with van der Waals surface area (Å²) in [5.74, 6) is 6.86. The van der Waals surface area contributed by atoms with Crippen LogP contribution in [0.5, 0.6) is 0 Å². The van der Waals surface area contributed by atoms with Gasteiger partial charge in [0.15, 0.2) is 0 Å². The van der Waals surface area contributed by atoms with Crippen LogP contribution in [0.4, 0.5) is 0 Å². The minimum Gasteiger partial charge on any atom is -0.271 e. The summed E-state index contributed by atoms with van der Waals surface area (Å²) < 4.78 is 0. The molecule has 0 aromatic heterocycles. The van der Waals surface area contributed by atoms with Crippen LogP contribution in [-0.4, -0.2) is 6.04 Å². The third-order valence-corrected chi connectivity index (χ3v) is 2.27. The average molecular weight is 158 g/mol. The Kier molecular flexibility index (Phi) is 5.51. The van der Waals surface area contributed by atoms with Crippen molar-refractivity contribution in [1.29, 1.82) is 0 Å². The van der Waals surface area contributed by atoms with E-state index in [0.717, 1.165) is 5.92 Å². The highest BCUT2D eigenvalue weighted by molar-refractivity contribution is 4.70. The van der Waals surface area contributed by atoms with Crippen molar-refractivity contribution in [3.8, 4) is 0 Å². The number of hydrazine groups is 1. The van der Waals surface area contributed by atoms with Gasteiger partial charge in [-0.15, -0.1) is 0 Å². The standard InChI is InChI=1S/C9H22N2/c1-5-8(4)9(11-10)6-7(2)3/h7-9,11H,5-6,10H2,1-4H3. The molecule has 0 radical (unpaired) electrons. The molecule has 3 N–H and O–H groups in total. The SMILES string of the molecule is CCC(C)C(CC(C)C)NN.